The van der Waals surface area contributed by atoms with Gasteiger partial charge in [-0.15, -0.1) is 0 Å². The highest BCUT2D eigenvalue weighted by Crippen LogP contribution is 2.41. The number of rotatable bonds is 3. The van der Waals surface area contributed by atoms with Crippen LogP contribution in [0.15, 0.2) is 12.2 Å². The minimum atomic E-state index is -0.325. The Morgan fingerprint density at radius 2 is 2.00 bits per heavy atom. The third-order valence-corrected chi connectivity index (χ3v) is 4.23. The van der Waals surface area contributed by atoms with Crippen LogP contribution in [-0.2, 0) is 19.1 Å². The summed E-state index contributed by atoms with van der Waals surface area (Å²) in [6.45, 7) is 9.38. The van der Waals surface area contributed by atoms with E-state index in [2.05, 4.69) is 13.5 Å². The molecule has 1 saturated heterocycles. The maximum Gasteiger partial charge on any atom is 0.333 e. The molecule has 0 N–H and O–H groups in total. The van der Waals surface area contributed by atoms with Gasteiger partial charge >= 0.3 is 11.9 Å². The van der Waals surface area contributed by atoms with Gasteiger partial charge in [0.15, 0.2) is 0 Å². The molecule has 0 aromatic rings. The summed E-state index contributed by atoms with van der Waals surface area (Å²) in [5.41, 5.74) is 0.427. The molecule has 0 radical (unpaired) electrons. The molecule has 106 valence electrons. The number of carbonyl (C=O) groups excluding carboxylic acids is 2. The number of hydrogen-bond acceptors (Lipinski definition) is 4. The number of carbonyl (C=O) groups is 2. The van der Waals surface area contributed by atoms with Crippen molar-refractivity contribution in [2.24, 2.45) is 17.8 Å². The topological polar surface area (TPSA) is 52.6 Å². The number of ether oxygens (including phenoxy) is 2. The fourth-order valence-electron chi connectivity index (χ4n) is 3.18. The SMILES string of the molecule is C=C(C)C(=O)OC1CC(C2OC(=O)CC2C)CC1C. The van der Waals surface area contributed by atoms with Crippen LogP contribution in [0.5, 0.6) is 0 Å². The zero-order chi connectivity index (χ0) is 14.2. The molecule has 19 heavy (non-hydrogen) atoms. The van der Waals surface area contributed by atoms with Crippen LogP contribution in [0.1, 0.15) is 40.0 Å². The molecule has 1 aliphatic carbocycles. The molecule has 0 aromatic heterocycles. The van der Waals surface area contributed by atoms with Gasteiger partial charge in [0.05, 0.1) is 6.42 Å². The van der Waals surface area contributed by atoms with Crippen molar-refractivity contribution in [2.75, 3.05) is 0 Å². The van der Waals surface area contributed by atoms with Gasteiger partial charge in [-0.1, -0.05) is 20.4 Å². The second-order valence-corrected chi connectivity index (χ2v) is 6.07. The third kappa shape index (κ3) is 2.99. The molecule has 5 atom stereocenters. The first-order chi connectivity index (χ1) is 8.88. The van der Waals surface area contributed by atoms with E-state index in [0.29, 0.717) is 23.8 Å². The monoisotopic (exact) mass is 266 g/mol. The molecule has 1 saturated carbocycles. The predicted octanol–water partition coefficient (Wildman–Crippen LogP) is 2.47. The Bertz CT molecular complexity index is 401. The number of cyclic esters (lactones) is 1. The summed E-state index contributed by atoms with van der Waals surface area (Å²) in [7, 11) is 0. The normalized spacial score (nSPS) is 38.1. The second-order valence-electron chi connectivity index (χ2n) is 6.07. The van der Waals surface area contributed by atoms with Crippen LogP contribution >= 0.6 is 0 Å². The van der Waals surface area contributed by atoms with E-state index in [-0.39, 0.29) is 30.1 Å². The van der Waals surface area contributed by atoms with E-state index in [4.69, 9.17) is 9.47 Å². The average Bonchev–Trinajstić information content (AvgIpc) is 2.82. The van der Waals surface area contributed by atoms with Gasteiger partial charge in [0.25, 0.3) is 0 Å². The molecule has 0 bridgehead atoms. The van der Waals surface area contributed by atoms with Gasteiger partial charge in [-0.25, -0.2) is 4.79 Å². The van der Waals surface area contributed by atoms with E-state index < -0.39 is 0 Å². The first kappa shape index (κ1) is 14.1. The Kier molecular flexibility index (Phi) is 3.97. The molecule has 0 spiro atoms. The van der Waals surface area contributed by atoms with Crippen LogP contribution in [-0.4, -0.2) is 24.1 Å². The predicted molar refractivity (Wildman–Crippen MR) is 70.2 cm³/mol. The zero-order valence-electron chi connectivity index (χ0n) is 11.8. The second kappa shape index (κ2) is 5.35. The van der Waals surface area contributed by atoms with E-state index in [0.717, 1.165) is 12.8 Å². The average molecular weight is 266 g/mol. The van der Waals surface area contributed by atoms with Crippen molar-refractivity contribution in [3.63, 3.8) is 0 Å². The zero-order valence-corrected chi connectivity index (χ0v) is 11.8. The summed E-state index contributed by atoms with van der Waals surface area (Å²) in [6, 6.07) is 0. The van der Waals surface area contributed by atoms with Gasteiger partial charge in [0.2, 0.25) is 0 Å². The lowest BCUT2D eigenvalue weighted by Crippen LogP contribution is -2.25. The van der Waals surface area contributed by atoms with Crippen molar-refractivity contribution < 1.29 is 19.1 Å². The molecule has 5 unspecified atom stereocenters. The lowest BCUT2D eigenvalue weighted by atomic mass is 9.90. The van der Waals surface area contributed by atoms with Crippen molar-refractivity contribution >= 4 is 11.9 Å². The first-order valence-corrected chi connectivity index (χ1v) is 6.94. The van der Waals surface area contributed by atoms with Crippen LogP contribution in [0.2, 0.25) is 0 Å². The van der Waals surface area contributed by atoms with Gasteiger partial charge in [-0.3, -0.25) is 4.79 Å². The maximum absolute atomic E-state index is 11.6. The smallest absolute Gasteiger partial charge is 0.333 e. The summed E-state index contributed by atoms with van der Waals surface area (Å²) in [4.78, 5) is 22.9. The molecular weight excluding hydrogens is 244 g/mol. The van der Waals surface area contributed by atoms with Gasteiger partial charge < -0.3 is 9.47 Å². The van der Waals surface area contributed by atoms with Crippen LogP contribution in [0.25, 0.3) is 0 Å². The molecule has 2 aliphatic rings. The van der Waals surface area contributed by atoms with Crippen molar-refractivity contribution in [1.82, 2.24) is 0 Å². The van der Waals surface area contributed by atoms with Crippen molar-refractivity contribution in [3.8, 4) is 0 Å². The minimum Gasteiger partial charge on any atom is -0.462 e. The van der Waals surface area contributed by atoms with E-state index >= 15 is 0 Å². The highest BCUT2D eigenvalue weighted by molar-refractivity contribution is 5.87. The van der Waals surface area contributed by atoms with Gasteiger partial charge in [0.1, 0.15) is 12.2 Å². The fraction of sp³-hybridized carbons (Fsp3) is 0.733. The molecule has 2 rings (SSSR count). The Hall–Kier alpha value is -1.32. The molecule has 1 aliphatic heterocycles. The molecular formula is C15H22O4. The molecule has 0 amide bonds. The molecule has 0 aromatic carbocycles. The Morgan fingerprint density at radius 1 is 1.32 bits per heavy atom. The van der Waals surface area contributed by atoms with E-state index in [1.54, 1.807) is 6.92 Å². The van der Waals surface area contributed by atoms with Gasteiger partial charge in [-0.05, 0) is 25.7 Å². The van der Waals surface area contributed by atoms with Crippen molar-refractivity contribution in [1.29, 1.82) is 0 Å². The maximum atomic E-state index is 11.6. The van der Waals surface area contributed by atoms with Crippen LogP contribution in [0.4, 0.5) is 0 Å². The van der Waals surface area contributed by atoms with Crippen LogP contribution in [0.3, 0.4) is 0 Å². The van der Waals surface area contributed by atoms with E-state index in [1.807, 2.05) is 6.92 Å². The minimum absolute atomic E-state index is 0.0107. The lowest BCUT2D eigenvalue weighted by Gasteiger charge is -2.21. The lowest BCUT2D eigenvalue weighted by molar-refractivity contribution is -0.147. The van der Waals surface area contributed by atoms with Crippen LogP contribution < -0.4 is 0 Å². The molecule has 2 fully saturated rings. The van der Waals surface area contributed by atoms with Crippen LogP contribution in [0, 0.1) is 17.8 Å². The van der Waals surface area contributed by atoms with Crippen molar-refractivity contribution in [2.45, 2.75) is 52.2 Å². The van der Waals surface area contributed by atoms with E-state index in [9.17, 15) is 9.59 Å². The molecule has 4 nitrogen and oxygen atoms in total. The number of hydrogen-bond donors (Lipinski definition) is 0. The van der Waals surface area contributed by atoms with E-state index in [1.165, 1.54) is 0 Å². The fourth-order valence-corrected chi connectivity index (χ4v) is 3.18. The highest BCUT2D eigenvalue weighted by Gasteiger charge is 2.44. The summed E-state index contributed by atoms with van der Waals surface area (Å²) < 4.78 is 10.9. The quantitative estimate of drug-likeness (QED) is 0.581. The third-order valence-electron chi connectivity index (χ3n) is 4.23. The van der Waals surface area contributed by atoms with Crippen molar-refractivity contribution in [3.05, 3.63) is 12.2 Å². The first-order valence-electron chi connectivity index (χ1n) is 6.94. The Morgan fingerprint density at radius 3 is 2.53 bits per heavy atom. The summed E-state index contributed by atoms with van der Waals surface area (Å²) in [5.74, 6) is 0.445. The standard InChI is InChI=1S/C15H22O4/c1-8(2)15(17)18-12-7-11(5-9(12)3)14-10(4)6-13(16)19-14/h9-12,14H,1,5-7H2,2-4H3. The van der Waals surface area contributed by atoms with Gasteiger partial charge in [0, 0.05) is 17.4 Å². The molecule has 4 heteroatoms. The summed E-state index contributed by atoms with van der Waals surface area (Å²) in [6.07, 6.45) is 2.13. The van der Waals surface area contributed by atoms with Gasteiger partial charge in [-0.2, -0.15) is 0 Å². The Balaban J connectivity index is 1.95. The Labute approximate surface area is 114 Å². The summed E-state index contributed by atoms with van der Waals surface area (Å²) >= 11 is 0. The number of esters is 2. The molecule has 1 heterocycles. The highest BCUT2D eigenvalue weighted by atomic mass is 16.6. The summed E-state index contributed by atoms with van der Waals surface area (Å²) in [5, 5.41) is 0. The largest absolute Gasteiger partial charge is 0.462 e.